The Morgan fingerprint density at radius 3 is 2.25 bits per heavy atom. The van der Waals surface area contributed by atoms with Crippen LogP contribution in [-0.4, -0.2) is 16.0 Å². The number of hydrogen-bond acceptors (Lipinski definition) is 3. The summed E-state index contributed by atoms with van der Waals surface area (Å²) >= 11 is 0. The Kier molecular flexibility index (Phi) is 2.34. The van der Waals surface area contributed by atoms with Crippen LogP contribution in [0.1, 0.15) is 37.1 Å². The van der Waals surface area contributed by atoms with Gasteiger partial charge in [0, 0.05) is 6.04 Å². The molecule has 2 saturated carbocycles. The maximum atomic E-state index is 4.56. The molecule has 0 radical (unpaired) electrons. The average molecular weight is 217 g/mol. The van der Waals surface area contributed by atoms with Crippen LogP contribution < -0.4 is 5.32 Å². The second-order valence-electron chi connectivity index (χ2n) is 5.27. The van der Waals surface area contributed by atoms with Gasteiger partial charge >= 0.3 is 0 Å². The van der Waals surface area contributed by atoms with Crippen LogP contribution in [0.4, 0.5) is 5.82 Å². The third-order valence-electron chi connectivity index (χ3n) is 3.77. The molecular formula is C13H19N3. The third kappa shape index (κ3) is 2.04. The molecule has 86 valence electrons. The van der Waals surface area contributed by atoms with Gasteiger partial charge in [-0.05, 0) is 51.4 Å². The number of anilines is 1. The molecule has 1 aromatic rings. The van der Waals surface area contributed by atoms with Crippen molar-refractivity contribution in [3.63, 3.8) is 0 Å². The Morgan fingerprint density at radius 1 is 1.12 bits per heavy atom. The molecule has 0 bridgehead atoms. The average Bonchev–Trinajstić information content (AvgIpc) is 3.14. The lowest BCUT2D eigenvalue weighted by atomic mass is 10.1. The molecule has 0 spiro atoms. The van der Waals surface area contributed by atoms with Crippen molar-refractivity contribution in [1.29, 1.82) is 0 Å². The largest absolute Gasteiger partial charge is 0.365 e. The summed E-state index contributed by atoms with van der Waals surface area (Å²) in [7, 11) is 0. The van der Waals surface area contributed by atoms with Crippen LogP contribution in [0.25, 0.3) is 0 Å². The first-order valence-corrected chi connectivity index (χ1v) is 6.31. The van der Waals surface area contributed by atoms with E-state index in [-0.39, 0.29) is 0 Å². The molecule has 0 unspecified atom stereocenters. The number of nitrogens with zero attached hydrogens (tertiary/aromatic N) is 2. The van der Waals surface area contributed by atoms with Gasteiger partial charge in [-0.25, -0.2) is 4.98 Å². The molecule has 0 saturated heterocycles. The summed E-state index contributed by atoms with van der Waals surface area (Å²) in [6, 6.07) is 0.663. The van der Waals surface area contributed by atoms with Crippen LogP contribution in [0.5, 0.6) is 0 Å². The second kappa shape index (κ2) is 3.72. The van der Waals surface area contributed by atoms with Gasteiger partial charge in [0.2, 0.25) is 0 Å². The number of hydrogen-bond donors (Lipinski definition) is 1. The van der Waals surface area contributed by atoms with E-state index < -0.39 is 0 Å². The monoisotopic (exact) mass is 217 g/mol. The van der Waals surface area contributed by atoms with Crippen molar-refractivity contribution in [2.75, 3.05) is 5.32 Å². The summed E-state index contributed by atoms with van der Waals surface area (Å²) in [5, 5.41) is 3.60. The van der Waals surface area contributed by atoms with E-state index in [9.17, 15) is 0 Å². The SMILES string of the molecule is Cc1ncc(NC(C2CC2)C2CC2)nc1C. The van der Waals surface area contributed by atoms with Gasteiger partial charge < -0.3 is 5.32 Å². The van der Waals surface area contributed by atoms with Crippen LogP contribution in [0.2, 0.25) is 0 Å². The third-order valence-corrected chi connectivity index (χ3v) is 3.77. The number of nitrogens with one attached hydrogen (secondary N) is 1. The first-order chi connectivity index (χ1) is 7.74. The molecule has 1 aromatic heterocycles. The lowest BCUT2D eigenvalue weighted by molar-refractivity contribution is 0.565. The van der Waals surface area contributed by atoms with E-state index in [0.29, 0.717) is 6.04 Å². The maximum absolute atomic E-state index is 4.56. The predicted octanol–water partition coefficient (Wildman–Crippen LogP) is 2.69. The van der Waals surface area contributed by atoms with E-state index >= 15 is 0 Å². The van der Waals surface area contributed by atoms with Crippen molar-refractivity contribution in [3.8, 4) is 0 Å². The van der Waals surface area contributed by atoms with Crippen LogP contribution in [0.15, 0.2) is 6.20 Å². The quantitative estimate of drug-likeness (QED) is 0.842. The summed E-state index contributed by atoms with van der Waals surface area (Å²) in [5.74, 6) is 2.76. The fraction of sp³-hybridized carbons (Fsp3) is 0.692. The number of rotatable bonds is 4. The van der Waals surface area contributed by atoms with Gasteiger partial charge in [0.05, 0.1) is 17.6 Å². The Bertz CT molecular complexity index is 382. The lowest BCUT2D eigenvalue weighted by Crippen LogP contribution is -2.25. The fourth-order valence-corrected chi connectivity index (χ4v) is 2.31. The lowest BCUT2D eigenvalue weighted by Gasteiger charge is -2.18. The Labute approximate surface area is 96.7 Å². The first kappa shape index (κ1) is 10.1. The summed E-state index contributed by atoms with van der Waals surface area (Å²) in [6.07, 6.45) is 7.46. The van der Waals surface area contributed by atoms with Crippen molar-refractivity contribution >= 4 is 5.82 Å². The smallest absolute Gasteiger partial charge is 0.145 e. The van der Waals surface area contributed by atoms with E-state index in [4.69, 9.17) is 0 Å². The molecule has 0 atom stereocenters. The van der Waals surface area contributed by atoms with E-state index in [0.717, 1.165) is 29.0 Å². The van der Waals surface area contributed by atoms with E-state index in [2.05, 4.69) is 15.3 Å². The van der Waals surface area contributed by atoms with Crippen LogP contribution in [-0.2, 0) is 0 Å². The van der Waals surface area contributed by atoms with Crippen molar-refractivity contribution in [2.24, 2.45) is 11.8 Å². The molecule has 0 aromatic carbocycles. The van der Waals surface area contributed by atoms with Crippen molar-refractivity contribution in [2.45, 2.75) is 45.6 Å². The highest BCUT2D eigenvalue weighted by Gasteiger charge is 2.41. The summed E-state index contributed by atoms with van der Waals surface area (Å²) in [6.45, 7) is 4.03. The number of aryl methyl sites for hydroxylation is 2. The van der Waals surface area contributed by atoms with Crippen molar-refractivity contribution in [1.82, 2.24) is 9.97 Å². The summed E-state index contributed by atoms with van der Waals surface area (Å²) in [5.41, 5.74) is 2.07. The van der Waals surface area contributed by atoms with Crippen LogP contribution >= 0.6 is 0 Å². The van der Waals surface area contributed by atoms with Gasteiger partial charge in [0.25, 0.3) is 0 Å². The minimum atomic E-state index is 0.663. The summed E-state index contributed by atoms with van der Waals surface area (Å²) < 4.78 is 0. The molecule has 0 amide bonds. The zero-order valence-corrected chi connectivity index (χ0v) is 10.0. The molecule has 2 fully saturated rings. The highest BCUT2D eigenvalue weighted by atomic mass is 15.1. The van der Waals surface area contributed by atoms with Gasteiger partial charge in [0.1, 0.15) is 5.82 Å². The Morgan fingerprint density at radius 2 is 1.75 bits per heavy atom. The highest BCUT2D eigenvalue weighted by molar-refractivity contribution is 5.36. The molecule has 0 aliphatic heterocycles. The zero-order valence-electron chi connectivity index (χ0n) is 10.0. The molecule has 2 aliphatic carbocycles. The van der Waals surface area contributed by atoms with E-state index in [1.165, 1.54) is 25.7 Å². The van der Waals surface area contributed by atoms with E-state index in [1.807, 2.05) is 20.0 Å². The molecule has 3 rings (SSSR count). The first-order valence-electron chi connectivity index (χ1n) is 6.31. The Balaban J connectivity index is 1.73. The van der Waals surface area contributed by atoms with Crippen molar-refractivity contribution in [3.05, 3.63) is 17.6 Å². The topological polar surface area (TPSA) is 37.8 Å². The van der Waals surface area contributed by atoms with Crippen LogP contribution in [0, 0.1) is 25.7 Å². The minimum Gasteiger partial charge on any atom is -0.365 e. The molecule has 3 nitrogen and oxygen atoms in total. The van der Waals surface area contributed by atoms with Gasteiger partial charge in [-0.15, -0.1) is 0 Å². The Hall–Kier alpha value is -1.12. The highest BCUT2D eigenvalue weighted by Crippen LogP contribution is 2.45. The molecule has 1 heterocycles. The van der Waals surface area contributed by atoms with E-state index in [1.54, 1.807) is 0 Å². The number of aromatic nitrogens is 2. The standard InChI is InChI=1S/C13H19N3/c1-8-9(2)15-12(7-14-8)16-13(10-3-4-10)11-5-6-11/h7,10-11,13H,3-6H2,1-2H3,(H,15,16). The van der Waals surface area contributed by atoms with Gasteiger partial charge in [-0.1, -0.05) is 0 Å². The molecule has 3 heteroatoms. The molecule has 16 heavy (non-hydrogen) atoms. The summed E-state index contributed by atoms with van der Waals surface area (Å²) in [4.78, 5) is 8.93. The second-order valence-corrected chi connectivity index (χ2v) is 5.27. The van der Waals surface area contributed by atoms with Gasteiger partial charge in [0.15, 0.2) is 0 Å². The van der Waals surface area contributed by atoms with Crippen molar-refractivity contribution < 1.29 is 0 Å². The van der Waals surface area contributed by atoms with Gasteiger partial charge in [-0.2, -0.15) is 0 Å². The molecule has 2 aliphatic rings. The maximum Gasteiger partial charge on any atom is 0.145 e. The zero-order chi connectivity index (χ0) is 11.1. The molecular weight excluding hydrogens is 198 g/mol. The van der Waals surface area contributed by atoms with Gasteiger partial charge in [-0.3, -0.25) is 4.98 Å². The van der Waals surface area contributed by atoms with Crippen LogP contribution in [0.3, 0.4) is 0 Å². The predicted molar refractivity (Wildman–Crippen MR) is 64.4 cm³/mol. The minimum absolute atomic E-state index is 0.663. The molecule has 1 N–H and O–H groups in total. The fourth-order valence-electron chi connectivity index (χ4n) is 2.31. The normalized spacial score (nSPS) is 20.2.